The summed E-state index contributed by atoms with van der Waals surface area (Å²) in [6.45, 7) is 9.63. The molecule has 0 aliphatic rings. The lowest BCUT2D eigenvalue weighted by atomic mass is 9.89. The Morgan fingerprint density at radius 3 is 1.60 bits per heavy atom. The van der Waals surface area contributed by atoms with E-state index in [9.17, 15) is 9.50 Å². The number of hydrogen-bond donors (Lipinski definition) is 1. The van der Waals surface area contributed by atoms with Gasteiger partial charge in [0.1, 0.15) is 11.9 Å². The highest BCUT2D eigenvalue weighted by Crippen LogP contribution is 2.32. The maximum atomic E-state index is 14.2. The average Bonchev–Trinajstić information content (AvgIpc) is 2.25. The van der Waals surface area contributed by atoms with E-state index in [1.165, 1.54) is 6.07 Å². The quantitative estimate of drug-likeness (QED) is 0.856. The molecule has 0 bridgehead atoms. The maximum Gasteiger partial charge on any atom is 0.129 e. The first-order valence-corrected chi connectivity index (χ1v) is 6.83. The van der Waals surface area contributed by atoms with Gasteiger partial charge >= 0.3 is 0 Å². The van der Waals surface area contributed by atoms with E-state index in [2.05, 4.69) is 0 Å². The fourth-order valence-corrected chi connectivity index (χ4v) is 3.04. The lowest BCUT2D eigenvalue weighted by molar-refractivity contribution is 0.212. The monoisotopic (exact) mass is 272 g/mol. The molecule has 0 aliphatic heterocycles. The third kappa shape index (κ3) is 2.61. The highest BCUT2D eigenvalue weighted by molar-refractivity contribution is 5.45. The summed E-state index contributed by atoms with van der Waals surface area (Å²) < 4.78 is 14.2. The molecule has 0 aliphatic carbocycles. The van der Waals surface area contributed by atoms with Crippen molar-refractivity contribution >= 4 is 0 Å². The summed E-state index contributed by atoms with van der Waals surface area (Å²) in [6.07, 6.45) is -0.920. The van der Waals surface area contributed by atoms with Crippen LogP contribution in [0.3, 0.4) is 0 Å². The number of aliphatic hydroxyl groups excluding tert-OH is 1. The molecular formula is C18H21FO. The minimum absolute atomic E-state index is 0.339. The number of rotatable bonds is 2. The fourth-order valence-electron chi connectivity index (χ4n) is 3.04. The van der Waals surface area contributed by atoms with E-state index >= 15 is 0 Å². The van der Waals surface area contributed by atoms with E-state index < -0.39 is 6.10 Å². The van der Waals surface area contributed by atoms with Crippen LogP contribution in [0.5, 0.6) is 0 Å². The Bertz CT molecular complexity index is 555. The van der Waals surface area contributed by atoms with Gasteiger partial charge in [-0.3, -0.25) is 0 Å². The molecule has 0 aromatic heterocycles. The van der Waals surface area contributed by atoms with Crippen molar-refractivity contribution in [3.8, 4) is 0 Å². The standard InChI is InChI=1S/C18H21FO/c1-10-6-12(3)16(13(4)7-10)18(20)17-14(5)8-11(2)9-15(17)19/h6-9,18,20H,1-5H3. The molecule has 2 aromatic carbocycles. The summed E-state index contributed by atoms with van der Waals surface area (Å²) >= 11 is 0. The average molecular weight is 272 g/mol. The number of aryl methyl sites for hydroxylation is 5. The summed E-state index contributed by atoms with van der Waals surface area (Å²) in [4.78, 5) is 0. The van der Waals surface area contributed by atoms with Gasteiger partial charge in [0.2, 0.25) is 0 Å². The predicted octanol–water partition coefficient (Wildman–Crippen LogP) is 4.45. The first-order valence-electron chi connectivity index (χ1n) is 6.83. The van der Waals surface area contributed by atoms with Gasteiger partial charge in [0.15, 0.2) is 0 Å². The zero-order chi connectivity index (χ0) is 15.0. The van der Waals surface area contributed by atoms with Crippen molar-refractivity contribution in [3.05, 3.63) is 69.0 Å². The lowest BCUT2D eigenvalue weighted by Crippen LogP contribution is -2.09. The smallest absolute Gasteiger partial charge is 0.129 e. The molecular weight excluding hydrogens is 251 g/mol. The Morgan fingerprint density at radius 1 is 0.750 bits per heavy atom. The van der Waals surface area contributed by atoms with Crippen LogP contribution in [-0.4, -0.2) is 5.11 Å². The van der Waals surface area contributed by atoms with Crippen LogP contribution in [0.25, 0.3) is 0 Å². The van der Waals surface area contributed by atoms with Crippen molar-refractivity contribution in [3.63, 3.8) is 0 Å². The van der Waals surface area contributed by atoms with E-state index in [1.807, 2.05) is 52.8 Å². The Balaban J connectivity index is 2.61. The van der Waals surface area contributed by atoms with Crippen molar-refractivity contribution in [2.75, 3.05) is 0 Å². The summed E-state index contributed by atoms with van der Waals surface area (Å²) in [7, 11) is 0. The van der Waals surface area contributed by atoms with Gasteiger partial charge in [-0.1, -0.05) is 23.8 Å². The number of hydrogen-bond acceptors (Lipinski definition) is 1. The summed E-state index contributed by atoms with van der Waals surface area (Å²) in [5.41, 5.74) is 5.98. The van der Waals surface area contributed by atoms with Crippen molar-refractivity contribution in [1.29, 1.82) is 0 Å². The summed E-state index contributed by atoms with van der Waals surface area (Å²) in [5.74, 6) is -0.339. The third-order valence-electron chi connectivity index (χ3n) is 3.77. The molecule has 2 heteroatoms. The maximum absolute atomic E-state index is 14.2. The number of benzene rings is 2. The Kier molecular flexibility index (Phi) is 3.96. The molecule has 1 nitrogen and oxygen atoms in total. The Morgan fingerprint density at radius 2 is 1.15 bits per heavy atom. The molecule has 1 N–H and O–H groups in total. The Labute approximate surface area is 120 Å². The molecule has 0 amide bonds. The molecule has 0 radical (unpaired) electrons. The van der Waals surface area contributed by atoms with E-state index in [4.69, 9.17) is 0 Å². The second-order valence-corrected chi connectivity index (χ2v) is 5.69. The van der Waals surface area contributed by atoms with Gasteiger partial charge in [-0.25, -0.2) is 4.39 Å². The molecule has 0 spiro atoms. The molecule has 1 unspecified atom stereocenters. The first-order chi connectivity index (χ1) is 9.31. The molecule has 0 saturated heterocycles. The second kappa shape index (κ2) is 5.37. The van der Waals surface area contributed by atoms with Gasteiger partial charge in [-0.15, -0.1) is 0 Å². The van der Waals surface area contributed by atoms with E-state index in [-0.39, 0.29) is 5.82 Å². The molecule has 0 saturated carbocycles. The molecule has 0 heterocycles. The summed E-state index contributed by atoms with van der Waals surface area (Å²) in [6, 6.07) is 7.42. The van der Waals surface area contributed by atoms with Gasteiger partial charge < -0.3 is 5.11 Å². The molecule has 106 valence electrons. The SMILES string of the molecule is Cc1cc(C)c(C(O)c2c(C)cc(C)cc2F)c(C)c1. The highest BCUT2D eigenvalue weighted by Gasteiger charge is 2.21. The van der Waals surface area contributed by atoms with Crippen molar-refractivity contribution in [1.82, 2.24) is 0 Å². The van der Waals surface area contributed by atoms with Crippen molar-refractivity contribution < 1.29 is 9.50 Å². The second-order valence-electron chi connectivity index (χ2n) is 5.69. The largest absolute Gasteiger partial charge is 0.384 e. The predicted molar refractivity (Wildman–Crippen MR) is 80.6 cm³/mol. The van der Waals surface area contributed by atoms with Crippen LogP contribution in [0.2, 0.25) is 0 Å². The molecule has 2 aromatic rings. The lowest BCUT2D eigenvalue weighted by Gasteiger charge is -2.20. The van der Waals surface area contributed by atoms with Crippen LogP contribution in [0.1, 0.15) is 45.0 Å². The molecule has 20 heavy (non-hydrogen) atoms. The van der Waals surface area contributed by atoms with Crippen LogP contribution < -0.4 is 0 Å². The number of halogens is 1. The molecule has 2 rings (SSSR count). The van der Waals surface area contributed by atoms with Crippen LogP contribution in [0.4, 0.5) is 4.39 Å². The zero-order valence-corrected chi connectivity index (χ0v) is 12.7. The van der Waals surface area contributed by atoms with Crippen LogP contribution >= 0.6 is 0 Å². The third-order valence-corrected chi connectivity index (χ3v) is 3.77. The van der Waals surface area contributed by atoms with Gasteiger partial charge in [0.25, 0.3) is 0 Å². The van der Waals surface area contributed by atoms with Crippen molar-refractivity contribution in [2.24, 2.45) is 0 Å². The summed E-state index contributed by atoms with van der Waals surface area (Å²) in [5, 5.41) is 10.7. The van der Waals surface area contributed by atoms with Crippen LogP contribution in [0, 0.1) is 40.4 Å². The fraction of sp³-hybridized carbons (Fsp3) is 0.333. The van der Waals surface area contributed by atoms with Gasteiger partial charge in [-0.2, -0.15) is 0 Å². The highest BCUT2D eigenvalue weighted by atomic mass is 19.1. The van der Waals surface area contributed by atoms with Crippen LogP contribution in [-0.2, 0) is 0 Å². The topological polar surface area (TPSA) is 20.2 Å². The minimum atomic E-state index is -0.920. The minimum Gasteiger partial charge on any atom is -0.384 e. The van der Waals surface area contributed by atoms with Gasteiger partial charge in [0.05, 0.1) is 0 Å². The Hall–Kier alpha value is -1.67. The molecule has 0 fully saturated rings. The van der Waals surface area contributed by atoms with Crippen LogP contribution in [0.15, 0.2) is 24.3 Å². The zero-order valence-electron chi connectivity index (χ0n) is 12.7. The van der Waals surface area contributed by atoms with E-state index in [0.717, 1.165) is 33.4 Å². The number of aliphatic hydroxyl groups is 1. The molecule has 1 atom stereocenters. The first kappa shape index (κ1) is 14.7. The normalized spacial score (nSPS) is 12.6. The van der Waals surface area contributed by atoms with Gasteiger partial charge in [0, 0.05) is 5.56 Å². The van der Waals surface area contributed by atoms with Crippen molar-refractivity contribution in [2.45, 2.75) is 40.7 Å². The van der Waals surface area contributed by atoms with E-state index in [1.54, 1.807) is 0 Å². The van der Waals surface area contributed by atoms with Gasteiger partial charge in [-0.05, 0) is 68.5 Å². The van der Waals surface area contributed by atoms with E-state index in [0.29, 0.717) is 5.56 Å².